The summed E-state index contributed by atoms with van der Waals surface area (Å²) in [6.07, 6.45) is -0.0121. The lowest BCUT2D eigenvalue weighted by Crippen LogP contribution is -2.28. The number of rotatable bonds is 6. The lowest BCUT2D eigenvalue weighted by molar-refractivity contribution is -0.147. The van der Waals surface area contributed by atoms with Crippen LogP contribution in [0.2, 0.25) is 5.02 Å². The molecule has 6 heteroatoms. The minimum Gasteiger partial charge on any atom is -0.455 e. The summed E-state index contributed by atoms with van der Waals surface area (Å²) in [6.45, 7) is -0.0600. The summed E-state index contributed by atoms with van der Waals surface area (Å²) in [4.78, 5) is 23.2. The summed E-state index contributed by atoms with van der Waals surface area (Å²) >= 11 is 5.84. The third kappa shape index (κ3) is 6.08. The van der Waals surface area contributed by atoms with Crippen molar-refractivity contribution in [2.24, 2.45) is 0 Å². The molecule has 0 atom stereocenters. The molecule has 0 saturated carbocycles. The van der Waals surface area contributed by atoms with E-state index in [-0.39, 0.29) is 18.8 Å². The van der Waals surface area contributed by atoms with Gasteiger partial charge in [0.15, 0.2) is 6.61 Å². The first-order valence-corrected chi connectivity index (χ1v) is 7.32. The summed E-state index contributed by atoms with van der Waals surface area (Å²) in [5.41, 5.74) is 1.47. The van der Waals surface area contributed by atoms with E-state index in [1.807, 2.05) is 6.07 Å². The Balaban J connectivity index is 1.71. The average Bonchev–Trinajstić information content (AvgIpc) is 2.53. The Kier molecular flexibility index (Phi) is 6.11. The zero-order chi connectivity index (χ0) is 16.7. The Hall–Kier alpha value is -2.40. The van der Waals surface area contributed by atoms with E-state index in [1.165, 1.54) is 24.3 Å². The fourth-order valence-electron chi connectivity index (χ4n) is 1.86. The van der Waals surface area contributed by atoms with E-state index in [2.05, 4.69) is 5.32 Å². The van der Waals surface area contributed by atoms with E-state index in [4.69, 9.17) is 16.3 Å². The number of hydrogen-bond donors (Lipinski definition) is 1. The van der Waals surface area contributed by atoms with Gasteiger partial charge in [0.05, 0.1) is 6.42 Å². The maximum absolute atomic E-state index is 12.8. The highest BCUT2D eigenvalue weighted by atomic mass is 35.5. The van der Waals surface area contributed by atoms with E-state index in [0.717, 1.165) is 5.56 Å². The molecular weight excluding hydrogens is 321 g/mol. The van der Waals surface area contributed by atoms with Crippen LogP contribution in [0.4, 0.5) is 4.39 Å². The monoisotopic (exact) mass is 335 g/mol. The minimum atomic E-state index is -0.547. The van der Waals surface area contributed by atoms with Crippen molar-refractivity contribution in [2.45, 2.75) is 13.0 Å². The molecule has 23 heavy (non-hydrogen) atoms. The second-order valence-electron chi connectivity index (χ2n) is 4.87. The molecule has 4 nitrogen and oxygen atoms in total. The number of esters is 1. The second kappa shape index (κ2) is 8.29. The number of hydrogen-bond acceptors (Lipinski definition) is 3. The predicted octanol–water partition coefficient (Wildman–Crippen LogP) is 2.88. The highest BCUT2D eigenvalue weighted by molar-refractivity contribution is 6.30. The number of amides is 1. The van der Waals surface area contributed by atoms with Crippen LogP contribution in [0.1, 0.15) is 11.1 Å². The summed E-state index contributed by atoms with van der Waals surface area (Å²) < 4.78 is 17.6. The quantitative estimate of drug-likeness (QED) is 0.826. The van der Waals surface area contributed by atoms with Crippen LogP contribution in [0.3, 0.4) is 0 Å². The number of benzene rings is 2. The van der Waals surface area contributed by atoms with E-state index in [9.17, 15) is 14.0 Å². The van der Waals surface area contributed by atoms with Crippen molar-refractivity contribution >= 4 is 23.5 Å². The Morgan fingerprint density at radius 2 is 1.83 bits per heavy atom. The molecule has 0 radical (unpaired) electrons. The van der Waals surface area contributed by atoms with Crippen molar-refractivity contribution in [2.75, 3.05) is 6.61 Å². The Morgan fingerprint density at radius 3 is 2.52 bits per heavy atom. The standard InChI is InChI=1S/C17H15ClFNO3/c18-14-3-1-2-13(8-14)10-20-16(21)11-23-17(22)9-12-4-6-15(19)7-5-12/h1-8H,9-11H2,(H,20,21). The molecule has 120 valence electrons. The number of carbonyl (C=O) groups is 2. The molecule has 2 aromatic carbocycles. The molecule has 1 amide bonds. The topological polar surface area (TPSA) is 55.4 Å². The van der Waals surface area contributed by atoms with Gasteiger partial charge in [-0.05, 0) is 35.4 Å². The minimum absolute atomic E-state index is 0.0121. The van der Waals surface area contributed by atoms with Crippen molar-refractivity contribution in [1.29, 1.82) is 0 Å². The van der Waals surface area contributed by atoms with Crippen LogP contribution >= 0.6 is 11.6 Å². The smallest absolute Gasteiger partial charge is 0.310 e. The summed E-state index contributed by atoms with van der Waals surface area (Å²) in [5, 5.41) is 3.21. The summed E-state index contributed by atoms with van der Waals surface area (Å²) in [6, 6.07) is 12.6. The molecule has 1 N–H and O–H groups in total. The lowest BCUT2D eigenvalue weighted by atomic mass is 10.1. The van der Waals surface area contributed by atoms with Gasteiger partial charge in [-0.25, -0.2) is 4.39 Å². The molecular formula is C17H15ClFNO3. The van der Waals surface area contributed by atoms with Gasteiger partial charge >= 0.3 is 5.97 Å². The molecule has 0 fully saturated rings. The molecule has 0 aliphatic carbocycles. The fraction of sp³-hybridized carbons (Fsp3) is 0.176. The maximum atomic E-state index is 12.8. The summed E-state index contributed by atoms with van der Waals surface area (Å²) in [7, 11) is 0. The molecule has 0 saturated heterocycles. The largest absolute Gasteiger partial charge is 0.455 e. The molecule has 0 aromatic heterocycles. The first-order chi connectivity index (χ1) is 11.0. The van der Waals surface area contributed by atoms with Gasteiger partial charge in [0, 0.05) is 11.6 Å². The molecule has 2 aromatic rings. The molecule has 0 spiro atoms. The number of ether oxygens (including phenoxy) is 1. The molecule has 0 aliphatic heterocycles. The van der Waals surface area contributed by atoms with E-state index >= 15 is 0 Å². The van der Waals surface area contributed by atoms with E-state index < -0.39 is 11.9 Å². The molecule has 0 bridgehead atoms. The third-order valence-corrected chi connectivity index (χ3v) is 3.24. The van der Waals surface area contributed by atoms with Crippen molar-refractivity contribution in [1.82, 2.24) is 5.32 Å². The zero-order valence-electron chi connectivity index (χ0n) is 12.2. The van der Waals surface area contributed by atoms with Gasteiger partial charge in [-0.3, -0.25) is 9.59 Å². The first-order valence-electron chi connectivity index (χ1n) is 6.94. The highest BCUT2D eigenvalue weighted by Crippen LogP contribution is 2.10. The van der Waals surface area contributed by atoms with Gasteiger partial charge in [0.25, 0.3) is 5.91 Å². The Bertz CT molecular complexity index is 688. The van der Waals surface area contributed by atoms with Crippen molar-refractivity contribution in [3.8, 4) is 0 Å². The van der Waals surface area contributed by atoms with Crippen LogP contribution in [-0.2, 0) is 27.3 Å². The molecule has 0 heterocycles. The van der Waals surface area contributed by atoms with E-state index in [0.29, 0.717) is 17.1 Å². The average molecular weight is 336 g/mol. The Morgan fingerprint density at radius 1 is 1.09 bits per heavy atom. The molecule has 0 aliphatic rings. The van der Waals surface area contributed by atoms with Gasteiger partial charge in [-0.15, -0.1) is 0 Å². The van der Waals surface area contributed by atoms with Crippen LogP contribution in [0.5, 0.6) is 0 Å². The Labute approximate surface area is 138 Å². The van der Waals surface area contributed by atoms with Crippen LogP contribution in [-0.4, -0.2) is 18.5 Å². The summed E-state index contributed by atoms with van der Waals surface area (Å²) in [5.74, 6) is -1.32. The number of nitrogens with one attached hydrogen (secondary N) is 1. The van der Waals surface area contributed by atoms with Crippen LogP contribution in [0, 0.1) is 5.82 Å². The molecule has 2 rings (SSSR count). The normalized spacial score (nSPS) is 10.2. The highest BCUT2D eigenvalue weighted by Gasteiger charge is 2.08. The predicted molar refractivity (Wildman–Crippen MR) is 84.4 cm³/mol. The van der Waals surface area contributed by atoms with Gasteiger partial charge in [-0.1, -0.05) is 35.9 Å². The van der Waals surface area contributed by atoms with Crippen LogP contribution in [0.15, 0.2) is 48.5 Å². The van der Waals surface area contributed by atoms with Gasteiger partial charge in [0.1, 0.15) is 5.82 Å². The molecule has 0 unspecified atom stereocenters. The fourth-order valence-corrected chi connectivity index (χ4v) is 2.08. The SMILES string of the molecule is O=C(COC(=O)Cc1ccc(F)cc1)NCc1cccc(Cl)c1. The third-order valence-electron chi connectivity index (χ3n) is 3.00. The van der Waals surface area contributed by atoms with Gasteiger partial charge < -0.3 is 10.1 Å². The van der Waals surface area contributed by atoms with E-state index in [1.54, 1.807) is 18.2 Å². The second-order valence-corrected chi connectivity index (χ2v) is 5.31. The van der Waals surface area contributed by atoms with Crippen molar-refractivity contribution < 1.29 is 18.7 Å². The number of carbonyl (C=O) groups excluding carboxylic acids is 2. The van der Waals surface area contributed by atoms with Crippen molar-refractivity contribution in [3.63, 3.8) is 0 Å². The van der Waals surface area contributed by atoms with Crippen molar-refractivity contribution in [3.05, 3.63) is 70.5 Å². The van der Waals surface area contributed by atoms with Crippen LogP contribution < -0.4 is 5.32 Å². The maximum Gasteiger partial charge on any atom is 0.310 e. The lowest BCUT2D eigenvalue weighted by Gasteiger charge is -2.07. The van der Waals surface area contributed by atoms with Crippen LogP contribution in [0.25, 0.3) is 0 Å². The number of halogens is 2. The van der Waals surface area contributed by atoms with Gasteiger partial charge in [0.2, 0.25) is 0 Å². The zero-order valence-corrected chi connectivity index (χ0v) is 13.0. The van der Waals surface area contributed by atoms with Gasteiger partial charge in [-0.2, -0.15) is 0 Å². The first kappa shape index (κ1) is 17.0.